The van der Waals surface area contributed by atoms with E-state index in [0.717, 1.165) is 12.2 Å². The van der Waals surface area contributed by atoms with E-state index in [0.29, 0.717) is 17.4 Å². The van der Waals surface area contributed by atoms with Crippen molar-refractivity contribution < 1.29 is 4.21 Å². The minimum Gasteiger partial charge on any atom is -0.332 e. The first kappa shape index (κ1) is 13.4. The summed E-state index contributed by atoms with van der Waals surface area (Å²) >= 11 is 0. The highest BCUT2D eigenvalue weighted by molar-refractivity contribution is 7.84. The topological polar surface area (TPSA) is 60.9 Å². The molecule has 4 nitrogen and oxygen atoms in total. The Morgan fingerprint density at radius 1 is 1.56 bits per heavy atom. The van der Waals surface area contributed by atoms with E-state index < -0.39 is 10.8 Å². The Balaban J connectivity index is 2.67. The van der Waals surface area contributed by atoms with Gasteiger partial charge in [-0.2, -0.15) is 0 Å². The van der Waals surface area contributed by atoms with Gasteiger partial charge in [-0.25, -0.2) is 4.98 Å². The molecule has 1 aromatic heterocycles. The van der Waals surface area contributed by atoms with Crippen molar-refractivity contribution in [1.29, 1.82) is 0 Å². The molecule has 0 aliphatic rings. The first-order chi connectivity index (χ1) is 7.56. The Morgan fingerprint density at radius 2 is 2.25 bits per heavy atom. The smallest absolute Gasteiger partial charge is 0.0948 e. The average molecular weight is 243 g/mol. The van der Waals surface area contributed by atoms with E-state index >= 15 is 0 Å². The summed E-state index contributed by atoms with van der Waals surface area (Å²) in [7, 11) is -0.733. The third kappa shape index (κ3) is 3.42. The lowest BCUT2D eigenvalue weighted by Crippen LogP contribution is -2.21. The number of nitrogens with two attached hydrogens (primary N) is 1. The van der Waals surface area contributed by atoms with E-state index in [9.17, 15) is 4.21 Å². The molecular weight excluding hydrogens is 222 g/mol. The van der Waals surface area contributed by atoms with Crippen molar-refractivity contribution in [3.8, 4) is 0 Å². The Bertz CT molecular complexity index is 349. The van der Waals surface area contributed by atoms with Gasteiger partial charge in [0.1, 0.15) is 0 Å². The van der Waals surface area contributed by atoms with Crippen molar-refractivity contribution in [2.75, 3.05) is 11.5 Å². The third-order valence-corrected chi connectivity index (χ3v) is 3.97. The molecule has 1 rings (SSSR count). The monoisotopic (exact) mass is 243 g/mol. The van der Waals surface area contributed by atoms with Crippen LogP contribution in [0.25, 0.3) is 0 Å². The number of nitrogens with zero attached hydrogens (tertiary/aromatic N) is 2. The standard InChI is InChI=1S/C11H21N3OS/c1-4-16(15)6-5-14-8-13-7-10(14)11(12)9(2)3/h7-9,11H,4-6,12H2,1-3H3. The van der Waals surface area contributed by atoms with Crippen LogP contribution in [0.3, 0.4) is 0 Å². The Hall–Kier alpha value is -0.680. The predicted octanol–water partition coefficient (Wildman–Crippen LogP) is 1.31. The van der Waals surface area contributed by atoms with E-state index in [1.807, 2.05) is 11.5 Å². The van der Waals surface area contributed by atoms with Gasteiger partial charge in [0.2, 0.25) is 0 Å². The van der Waals surface area contributed by atoms with Crippen LogP contribution in [0.5, 0.6) is 0 Å². The van der Waals surface area contributed by atoms with Crippen LogP contribution in [0.1, 0.15) is 32.5 Å². The molecule has 0 aliphatic heterocycles. The van der Waals surface area contributed by atoms with Gasteiger partial charge in [-0.3, -0.25) is 4.21 Å². The predicted molar refractivity (Wildman–Crippen MR) is 67.5 cm³/mol. The number of aryl methyl sites for hydroxylation is 1. The molecule has 1 heterocycles. The van der Waals surface area contributed by atoms with Crippen LogP contribution in [-0.2, 0) is 17.3 Å². The van der Waals surface area contributed by atoms with Gasteiger partial charge in [0.25, 0.3) is 0 Å². The van der Waals surface area contributed by atoms with Gasteiger partial charge < -0.3 is 10.3 Å². The summed E-state index contributed by atoms with van der Waals surface area (Å²) in [6, 6.07) is -0.00226. The van der Waals surface area contributed by atoms with Gasteiger partial charge in [-0.05, 0) is 5.92 Å². The molecule has 0 radical (unpaired) electrons. The van der Waals surface area contributed by atoms with Crippen molar-refractivity contribution >= 4 is 10.8 Å². The maximum Gasteiger partial charge on any atom is 0.0948 e. The van der Waals surface area contributed by atoms with E-state index in [4.69, 9.17) is 5.73 Å². The molecule has 0 fully saturated rings. The second-order valence-corrected chi connectivity index (χ2v) is 6.08. The lowest BCUT2D eigenvalue weighted by molar-refractivity contribution is 0.482. The van der Waals surface area contributed by atoms with Gasteiger partial charge in [0.15, 0.2) is 0 Å². The number of imidazole rings is 1. The van der Waals surface area contributed by atoms with E-state index in [-0.39, 0.29) is 6.04 Å². The van der Waals surface area contributed by atoms with Gasteiger partial charge in [-0.1, -0.05) is 20.8 Å². The Kier molecular flexibility index (Phi) is 5.15. The zero-order valence-electron chi connectivity index (χ0n) is 10.2. The number of hydrogen-bond acceptors (Lipinski definition) is 3. The Labute approximate surface area is 99.7 Å². The van der Waals surface area contributed by atoms with Crippen molar-refractivity contribution in [2.24, 2.45) is 11.7 Å². The first-order valence-electron chi connectivity index (χ1n) is 5.66. The quantitative estimate of drug-likeness (QED) is 0.819. The van der Waals surface area contributed by atoms with Crippen LogP contribution in [-0.4, -0.2) is 25.3 Å². The van der Waals surface area contributed by atoms with Crippen LogP contribution in [0.15, 0.2) is 12.5 Å². The van der Waals surface area contributed by atoms with Gasteiger partial charge in [0.05, 0.1) is 12.0 Å². The zero-order chi connectivity index (χ0) is 12.1. The summed E-state index contributed by atoms with van der Waals surface area (Å²) in [6.45, 7) is 6.85. The fraction of sp³-hybridized carbons (Fsp3) is 0.727. The molecule has 0 spiro atoms. The molecule has 5 heteroatoms. The average Bonchev–Trinajstić information content (AvgIpc) is 2.72. The van der Waals surface area contributed by atoms with Crippen LogP contribution >= 0.6 is 0 Å². The molecule has 92 valence electrons. The molecule has 0 saturated heterocycles. The SMILES string of the molecule is CCS(=O)CCn1cncc1C(N)C(C)C. The maximum atomic E-state index is 11.4. The number of hydrogen-bond donors (Lipinski definition) is 1. The van der Waals surface area contributed by atoms with Crippen LogP contribution in [0, 0.1) is 5.92 Å². The zero-order valence-corrected chi connectivity index (χ0v) is 11.0. The molecule has 0 amide bonds. The van der Waals surface area contributed by atoms with E-state index in [2.05, 4.69) is 18.8 Å². The first-order valence-corrected chi connectivity index (χ1v) is 7.15. The molecular formula is C11H21N3OS. The highest BCUT2D eigenvalue weighted by Crippen LogP contribution is 2.18. The summed E-state index contributed by atoms with van der Waals surface area (Å²) in [5.74, 6) is 1.76. The second-order valence-electron chi connectivity index (χ2n) is 4.21. The van der Waals surface area contributed by atoms with Gasteiger partial charge >= 0.3 is 0 Å². The highest BCUT2D eigenvalue weighted by Gasteiger charge is 2.15. The molecule has 0 aliphatic carbocycles. The highest BCUT2D eigenvalue weighted by atomic mass is 32.2. The summed E-state index contributed by atoms with van der Waals surface area (Å²) in [5.41, 5.74) is 7.12. The van der Waals surface area contributed by atoms with Crippen molar-refractivity contribution in [3.05, 3.63) is 18.2 Å². The van der Waals surface area contributed by atoms with E-state index in [1.165, 1.54) is 0 Å². The largest absolute Gasteiger partial charge is 0.332 e. The summed E-state index contributed by atoms with van der Waals surface area (Å²) in [4.78, 5) is 4.11. The minimum absolute atomic E-state index is 0.00226. The van der Waals surface area contributed by atoms with Crippen LogP contribution in [0.2, 0.25) is 0 Å². The third-order valence-electron chi connectivity index (χ3n) is 2.69. The fourth-order valence-electron chi connectivity index (χ4n) is 1.48. The second kappa shape index (κ2) is 6.15. The summed E-state index contributed by atoms with van der Waals surface area (Å²) < 4.78 is 13.4. The molecule has 0 bridgehead atoms. The van der Waals surface area contributed by atoms with Crippen molar-refractivity contribution in [2.45, 2.75) is 33.4 Å². The number of rotatable bonds is 6. The minimum atomic E-state index is -0.733. The summed E-state index contributed by atoms with van der Waals surface area (Å²) in [5, 5.41) is 0. The molecule has 2 unspecified atom stereocenters. The molecule has 16 heavy (non-hydrogen) atoms. The molecule has 0 aromatic carbocycles. The molecule has 2 atom stereocenters. The van der Waals surface area contributed by atoms with Crippen molar-refractivity contribution in [3.63, 3.8) is 0 Å². The molecule has 1 aromatic rings. The maximum absolute atomic E-state index is 11.4. The normalized spacial score (nSPS) is 15.3. The number of aromatic nitrogens is 2. The van der Waals surface area contributed by atoms with Crippen LogP contribution < -0.4 is 5.73 Å². The van der Waals surface area contributed by atoms with Gasteiger partial charge in [-0.15, -0.1) is 0 Å². The van der Waals surface area contributed by atoms with Crippen molar-refractivity contribution in [1.82, 2.24) is 9.55 Å². The summed E-state index contributed by atoms with van der Waals surface area (Å²) in [6.07, 6.45) is 3.57. The lowest BCUT2D eigenvalue weighted by Gasteiger charge is -2.17. The van der Waals surface area contributed by atoms with Gasteiger partial charge in [0, 0.05) is 41.1 Å². The fourth-order valence-corrected chi connectivity index (χ4v) is 2.17. The lowest BCUT2D eigenvalue weighted by atomic mass is 10.0. The van der Waals surface area contributed by atoms with Crippen LogP contribution in [0.4, 0.5) is 0 Å². The molecule has 0 saturated carbocycles. The Morgan fingerprint density at radius 3 is 2.81 bits per heavy atom. The molecule has 2 N–H and O–H groups in total. The van der Waals surface area contributed by atoms with E-state index in [1.54, 1.807) is 12.5 Å².